The third-order valence-corrected chi connectivity index (χ3v) is 5.77. The van der Waals surface area contributed by atoms with Gasteiger partial charge in [-0.2, -0.15) is 0 Å². The molecule has 2 unspecified atom stereocenters. The van der Waals surface area contributed by atoms with E-state index >= 15 is 0 Å². The van der Waals surface area contributed by atoms with Gasteiger partial charge in [-0.3, -0.25) is 0 Å². The van der Waals surface area contributed by atoms with Crippen molar-refractivity contribution >= 4 is 43.0 Å². The maximum absolute atomic E-state index is 6.26. The molecular formula is C23H34Cl3N3O. The zero-order valence-electron chi connectivity index (χ0n) is 17.6. The van der Waals surface area contributed by atoms with Gasteiger partial charge in [0.1, 0.15) is 6.10 Å². The lowest BCUT2D eigenvalue weighted by molar-refractivity contribution is 0.165. The van der Waals surface area contributed by atoms with E-state index in [-0.39, 0.29) is 43.3 Å². The van der Waals surface area contributed by atoms with Gasteiger partial charge in [0.15, 0.2) is 11.6 Å². The molecule has 2 aromatic rings. The molecule has 2 aliphatic rings. The van der Waals surface area contributed by atoms with Crippen LogP contribution < -0.4 is 9.64 Å². The van der Waals surface area contributed by atoms with Crippen molar-refractivity contribution < 1.29 is 4.74 Å². The fourth-order valence-electron chi connectivity index (χ4n) is 4.41. The fourth-order valence-corrected chi connectivity index (χ4v) is 4.41. The number of nitrogens with zero attached hydrogens (tertiary/aromatic N) is 3. The lowest BCUT2D eigenvalue weighted by Crippen LogP contribution is -2.47. The van der Waals surface area contributed by atoms with Crippen LogP contribution in [0.2, 0.25) is 0 Å². The Labute approximate surface area is 199 Å². The summed E-state index contributed by atoms with van der Waals surface area (Å²) in [5.74, 6) is 1.93. The van der Waals surface area contributed by atoms with E-state index in [0.29, 0.717) is 6.04 Å². The van der Waals surface area contributed by atoms with Crippen molar-refractivity contribution in [3.8, 4) is 5.75 Å². The van der Waals surface area contributed by atoms with Gasteiger partial charge in [0.25, 0.3) is 0 Å². The molecule has 1 aromatic heterocycles. The lowest BCUT2D eigenvalue weighted by Gasteiger charge is -2.42. The molecule has 4 rings (SSSR count). The second kappa shape index (κ2) is 13.3. The highest BCUT2D eigenvalue weighted by Gasteiger charge is 2.33. The summed E-state index contributed by atoms with van der Waals surface area (Å²) in [4.78, 5) is 9.85. The molecule has 0 spiro atoms. The topological polar surface area (TPSA) is 28.6 Å². The zero-order valence-corrected chi connectivity index (χ0v) is 20.1. The average molecular weight is 475 g/mol. The van der Waals surface area contributed by atoms with Crippen molar-refractivity contribution in [2.75, 3.05) is 31.1 Å². The molecule has 1 aromatic carbocycles. The summed E-state index contributed by atoms with van der Waals surface area (Å²) in [6, 6.07) is 15.3. The molecule has 7 heteroatoms. The highest BCUT2D eigenvalue weighted by molar-refractivity contribution is 5.86. The highest BCUT2D eigenvalue weighted by Crippen LogP contribution is 2.38. The molecule has 168 valence electrons. The quantitative estimate of drug-likeness (QED) is 0.518. The van der Waals surface area contributed by atoms with Crippen LogP contribution in [0.4, 0.5) is 5.82 Å². The Bertz CT molecular complexity index is 729. The predicted octanol–water partition coefficient (Wildman–Crippen LogP) is 5.94. The third kappa shape index (κ3) is 6.40. The van der Waals surface area contributed by atoms with E-state index in [9.17, 15) is 0 Å². The van der Waals surface area contributed by atoms with Gasteiger partial charge in [-0.25, -0.2) is 4.98 Å². The van der Waals surface area contributed by atoms with Gasteiger partial charge < -0.3 is 14.5 Å². The van der Waals surface area contributed by atoms with Crippen LogP contribution in [0.1, 0.15) is 50.6 Å². The van der Waals surface area contributed by atoms with E-state index in [1.165, 1.54) is 37.9 Å². The summed E-state index contributed by atoms with van der Waals surface area (Å²) in [6.07, 6.45) is 8.34. The van der Waals surface area contributed by atoms with Crippen molar-refractivity contribution in [2.24, 2.45) is 0 Å². The summed E-state index contributed by atoms with van der Waals surface area (Å²) in [5.41, 5.74) is 1.37. The van der Waals surface area contributed by atoms with Crippen molar-refractivity contribution in [3.63, 3.8) is 0 Å². The molecular weight excluding hydrogens is 441 g/mol. The Hall–Kier alpha value is -1.20. The van der Waals surface area contributed by atoms with Crippen LogP contribution in [0.5, 0.6) is 5.75 Å². The first kappa shape index (κ1) is 26.8. The van der Waals surface area contributed by atoms with Crippen LogP contribution in [-0.4, -0.2) is 42.2 Å². The SMILES string of the molecule is CCCC1CN(C(CN2CCCCC2)c2ccccc2)c2ncccc2O1.Cl.Cl.Cl. The van der Waals surface area contributed by atoms with Gasteiger partial charge in [0, 0.05) is 12.7 Å². The summed E-state index contributed by atoms with van der Waals surface area (Å²) < 4.78 is 6.26. The number of pyridine rings is 1. The Kier molecular flexibility index (Phi) is 11.9. The van der Waals surface area contributed by atoms with Crippen LogP contribution in [0, 0.1) is 0 Å². The Morgan fingerprint density at radius 2 is 1.73 bits per heavy atom. The van der Waals surface area contributed by atoms with Crippen LogP contribution in [0.3, 0.4) is 0 Å². The number of hydrogen-bond acceptors (Lipinski definition) is 4. The normalized spacial score (nSPS) is 19.2. The standard InChI is InChI=1S/C23H31N3O.3ClH/c1-2-10-20-17-26(23-22(27-20)13-9-14-24-23)21(19-11-5-3-6-12-19)18-25-15-7-4-8-16-25;;;/h3,5-6,9,11-14,20-21H,2,4,7-8,10,15-18H2,1H3;3*1H. The first-order valence-corrected chi connectivity index (χ1v) is 10.5. The largest absolute Gasteiger partial charge is 0.485 e. The third-order valence-electron chi connectivity index (χ3n) is 5.77. The monoisotopic (exact) mass is 473 g/mol. The van der Waals surface area contributed by atoms with Crippen LogP contribution in [-0.2, 0) is 0 Å². The molecule has 2 atom stereocenters. The fraction of sp³-hybridized carbons (Fsp3) is 0.522. The second-order valence-electron chi connectivity index (χ2n) is 7.79. The Morgan fingerprint density at radius 3 is 2.43 bits per heavy atom. The molecule has 0 N–H and O–H groups in total. The maximum atomic E-state index is 6.26. The van der Waals surface area contributed by atoms with Crippen LogP contribution >= 0.6 is 37.2 Å². The predicted molar refractivity (Wildman–Crippen MR) is 132 cm³/mol. The molecule has 1 fully saturated rings. The first-order valence-electron chi connectivity index (χ1n) is 10.5. The molecule has 1 saturated heterocycles. The van der Waals surface area contributed by atoms with E-state index in [2.05, 4.69) is 53.1 Å². The average Bonchev–Trinajstić information content (AvgIpc) is 2.73. The van der Waals surface area contributed by atoms with Gasteiger partial charge in [-0.15, -0.1) is 37.2 Å². The van der Waals surface area contributed by atoms with Crippen LogP contribution in [0.15, 0.2) is 48.7 Å². The minimum Gasteiger partial charge on any atom is -0.485 e. The molecule has 0 amide bonds. The number of anilines is 1. The van der Waals surface area contributed by atoms with Gasteiger partial charge in [-0.05, 0) is 50.0 Å². The Balaban J connectivity index is 0.00000150. The van der Waals surface area contributed by atoms with E-state index in [4.69, 9.17) is 9.72 Å². The lowest BCUT2D eigenvalue weighted by atomic mass is 10.0. The van der Waals surface area contributed by atoms with Crippen molar-refractivity contribution in [1.29, 1.82) is 0 Å². The van der Waals surface area contributed by atoms with E-state index in [1.807, 2.05) is 12.3 Å². The summed E-state index contributed by atoms with van der Waals surface area (Å²) in [7, 11) is 0. The van der Waals surface area contributed by atoms with E-state index < -0.39 is 0 Å². The van der Waals surface area contributed by atoms with Gasteiger partial charge in [-0.1, -0.05) is 50.1 Å². The molecule has 0 saturated carbocycles. The first-order chi connectivity index (χ1) is 13.3. The maximum Gasteiger partial charge on any atom is 0.172 e. The molecule has 0 radical (unpaired) electrons. The van der Waals surface area contributed by atoms with E-state index in [0.717, 1.165) is 37.5 Å². The number of likely N-dealkylation sites (tertiary alicyclic amines) is 1. The number of aromatic nitrogens is 1. The number of ether oxygens (including phenoxy) is 1. The van der Waals surface area contributed by atoms with Crippen LogP contribution in [0.25, 0.3) is 0 Å². The highest BCUT2D eigenvalue weighted by atomic mass is 35.5. The Morgan fingerprint density at radius 1 is 1.00 bits per heavy atom. The molecule has 0 aliphatic carbocycles. The van der Waals surface area contributed by atoms with Gasteiger partial charge in [0.2, 0.25) is 0 Å². The summed E-state index contributed by atoms with van der Waals surface area (Å²) in [6.45, 7) is 6.61. The number of halogens is 3. The molecule has 4 nitrogen and oxygen atoms in total. The molecule has 30 heavy (non-hydrogen) atoms. The molecule has 2 aliphatic heterocycles. The number of hydrogen-bond donors (Lipinski definition) is 0. The molecule has 0 bridgehead atoms. The van der Waals surface area contributed by atoms with Crippen molar-refractivity contribution in [2.45, 2.75) is 51.2 Å². The van der Waals surface area contributed by atoms with Gasteiger partial charge >= 0.3 is 0 Å². The zero-order chi connectivity index (χ0) is 18.5. The minimum absolute atomic E-state index is 0. The smallest absolute Gasteiger partial charge is 0.172 e. The van der Waals surface area contributed by atoms with E-state index in [1.54, 1.807) is 0 Å². The second-order valence-corrected chi connectivity index (χ2v) is 7.79. The number of rotatable bonds is 6. The van der Waals surface area contributed by atoms with Crippen molar-refractivity contribution in [3.05, 3.63) is 54.2 Å². The minimum atomic E-state index is 0. The molecule has 3 heterocycles. The van der Waals surface area contributed by atoms with Crippen molar-refractivity contribution in [1.82, 2.24) is 9.88 Å². The number of piperidine rings is 1. The van der Waals surface area contributed by atoms with Gasteiger partial charge in [0.05, 0.1) is 12.6 Å². The summed E-state index contributed by atoms with van der Waals surface area (Å²) >= 11 is 0. The number of benzene rings is 1. The number of fused-ring (bicyclic) bond motifs is 1. The summed E-state index contributed by atoms with van der Waals surface area (Å²) in [5, 5.41) is 0.